The molecule has 1 aliphatic rings. The van der Waals surface area contributed by atoms with Gasteiger partial charge >= 0.3 is 0 Å². The lowest BCUT2D eigenvalue weighted by molar-refractivity contribution is 0.997. The topological polar surface area (TPSA) is 0 Å². The molecule has 0 N–H and O–H groups in total. The summed E-state index contributed by atoms with van der Waals surface area (Å²) >= 11 is 3.84. The third-order valence-electron chi connectivity index (χ3n) is 1.92. The molecule has 1 aromatic carbocycles. The quantitative estimate of drug-likeness (QED) is 0.670. The number of thioether (sulfide) groups is 2. The maximum atomic E-state index is 2.30. The Morgan fingerprint density at radius 1 is 1.23 bits per heavy atom. The van der Waals surface area contributed by atoms with Gasteiger partial charge in [0, 0.05) is 4.90 Å². The molecule has 0 amide bonds. The molecule has 0 unspecified atom stereocenters. The summed E-state index contributed by atoms with van der Waals surface area (Å²) in [5.74, 6) is 1.31. The van der Waals surface area contributed by atoms with Crippen LogP contribution in [0.3, 0.4) is 0 Å². The molecule has 0 atom stereocenters. The van der Waals surface area contributed by atoms with Gasteiger partial charge in [-0.05, 0) is 41.0 Å². The van der Waals surface area contributed by atoms with Crippen molar-refractivity contribution >= 4 is 23.5 Å². The standard InChI is InChI=1S/C11H12S2/c1-2-5-10(6-3-1)13-9-11-7-4-8-12-11/h1-3,5-6,9H,4,7-8H2. The van der Waals surface area contributed by atoms with Crippen molar-refractivity contribution in [2.24, 2.45) is 0 Å². The van der Waals surface area contributed by atoms with Crippen LogP contribution in [-0.2, 0) is 0 Å². The molecule has 2 rings (SSSR count). The third-order valence-corrected chi connectivity index (χ3v) is 4.21. The summed E-state index contributed by atoms with van der Waals surface area (Å²) in [6, 6.07) is 10.5. The first-order valence-electron chi connectivity index (χ1n) is 4.49. The van der Waals surface area contributed by atoms with Gasteiger partial charge in [-0.25, -0.2) is 0 Å². The zero-order valence-electron chi connectivity index (χ0n) is 7.40. The SMILES string of the molecule is C(Sc1ccccc1)=C1CCCS1. The molecular weight excluding hydrogens is 196 g/mol. The summed E-state index contributed by atoms with van der Waals surface area (Å²) < 4.78 is 0. The molecule has 1 heterocycles. The summed E-state index contributed by atoms with van der Waals surface area (Å²) in [4.78, 5) is 2.89. The van der Waals surface area contributed by atoms with Crippen LogP contribution in [0.1, 0.15) is 12.8 Å². The van der Waals surface area contributed by atoms with Crippen LogP contribution in [0.25, 0.3) is 0 Å². The van der Waals surface area contributed by atoms with Crippen molar-refractivity contribution in [3.05, 3.63) is 40.6 Å². The van der Waals surface area contributed by atoms with Crippen LogP contribution in [-0.4, -0.2) is 5.75 Å². The van der Waals surface area contributed by atoms with Gasteiger partial charge in [0.15, 0.2) is 0 Å². The monoisotopic (exact) mass is 208 g/mol. The second-order valence-electron chi connectivity index (χ2n) is 2.97. The summed E-state index contributed by atoms with van der Waals surface area (Å²) in [6.45, 7) is 0. The normalized spacial score (nSPS) is 19.5. The molecule has 13 heavy (non-hydrogen) atoms. The smallest absolute Gasteiger partial charge is 0.0116 e. The molecule has 1 aliphatic heterocycles. The Balaban J connectivity index is 1.95. The van der Waals surface area contributed by atoms with Crippen molar-refractivity contribution < 1.29 is 0 Å². The van der Waals surface area contributed by atoms with E-state index in [4.69, 9.17) is 0 Å². The molecule has 1 aromatic rings. The number of hydrogen-bond donors (Lipinski definition) is 0. The summed E-state index contributed by atoms with van der Waals surface area (Å²) in [5, 5.41) is 2.30. The fourth-order valence-corrected chi connectivity index (χ4v) is 3.20. The van der Waals surface area contributed by atoms with E-state index >= 15 is 0 Å². The van der Waals surface area contributed by atoms with Gasteiger partial charge in [0.25, 0.3) is 0 Å². The van der Waals surface area contributed by atoms with Gasteiger partial charge in [0.05, 0.1) is 0 Å². The van der Waals surface area contributed by atoms with E-state index in [9.17, 15) is 0 Å². The minimum Gasteiger partial charge on any atom is -0.130 e. The molecule has 0 aromatic heterocycles. The van der Waals surface area contributed by atoms with Gasteiger partial charge in [-0.3, -0.25) is 0 Å². The molecular formula is C11H12S2. The Bertz CT molecular complexity index is 282. The van der Waals surface area contributed by atoms with Crippen molar-refractivity contribution in [3.63, 3.8) is 0 Å². The molecule has 0 spiro atoms. The van der Waals surface area contributed by atoms with Gasteiger partial charge < -0.3 is 0 Å². The van der Waals surface area contributed by atoms with Gasteiger partial charge in [0.1, 0.15) is 0 Å². The molecule has 0 aliphatic carbocycles. The summed E-state index contributed by atoms with van der Waals surface area (Å²) in [5.41, 5.74) is 0. The van der Waals surface area contributed by atoms with E-state index in [1.54, 1.807) is 4.91 Å². The highest BCUT2D eigenvalue weighted by molar-refractivity contribution is 8.06. The van der Waals surface area contributed by atoms with E-state index in [1.165, 1.54) is 23.5 Å². The van der Waals surface area contributed by atoms with Crippen LogP contribution >= 0.6 is 23.5 Å². The minimum atomic E-state index is 1.28. The fourth-order valence-electron chi connectivity index (χ4n) is 1.25. The van der Waals surface area contributed by atoms with E-state index in [-0.39, 0.29) is 0 Å². The fraction of sp³-hybridized carbons (Fsp3) is 0.273. The highest BCUT2D eigenvalue weighted by Gasteiger charge is 2.06. The Morgan fingerprint density at radius 2 is 2.08 bits per heavy atom. The number of allylic oxidation sites excluding steroid dienone is 1. The van der Waals surface area contributed by atoms with E-state index < -0.39 is 0 Å². The predicted octanol–water partition coefficient (Wildman–Crippen LogP) is 4.15. The number of hydrogen-bond acceptors (Lipinski definition) is 2. The molecule has 68 valence electrons. The van der Waals surface area contributed by atoms with Crippen molar-refractivity contribution in [2.45, 2.75) is 17.7 Å². The minimum absolute atomic E-state index is 1.28. The van der Waals surface area contributed by atoms with E-state index in [1.807, 2.05) is 23.5 Å². The van der Waals surface area contributed by atoms with Crippen LogP contribution in [0.4, 0.5) is 0 Å². The average Bonchev–Trinajstić information content (AvgIpc) is 2.69. The lowest BCUT2D eigenvalue weighted by Crippen LogP contribution is -1.67. The van der Waals surface area contributed by atoms with Crippen molar-refractivity contribution in [1.82, 2.24) is 0 Å². The van der Waals surface area contributed by atoms with Crippen molar-refractivity contribution in [1.29, 1.82) is 0 Å². The van der Waals surface area contributed by atoms with E-state index in [0.717, 1.165) is 0 Å². The molecule has 1 saturated heterocycles. The van der Waals surface area contributed by atoms with Crippen LogP contribution in [0, 0.1) is 0 Å². The zero-order valence-corrected chi connectivity index (χ0v) is 9.03. The molecule has 0 saturated carbocycles. The van der Waals surface area contributed by atoms with Crippen LogP contribution in [0.5, 0.6) is 0 Å². The van der Waals surface area contributed by atoms with Crippen molar-refractivity contribution in [2.75, 3.05) is 5.75 Å². The van der Waals surface area contributed by atoms with Crippen LogP contribution in [0.15, 0.2) is 45.5 Å². The number of benzene rings is 1. The molecule has 0 bridgehead atoms. The Hall–Kier alpha value is -0.340. The first-order chi connectivity index (χ1) is 6.45. The Labute approximate surface area is 87.8 Å². The molecule has 1 fully saturated rings. The highest BCUT2D eigenvalue weighted by atomic mass is 32.2. The van der Waals surface area contributed by atoms with Crippen molar-refractivity contribution in [3.8, 4) is 0 Å². The molecule has 0 radical (unpaired) electrons. The largest absolute Gasteiger partial charge is 0.130 e. The number of rotatable bonds is 2. The maximum absolute atomic E-state index is 2.30. The Kier molecular flexibility index (Phi) is 3.39. The predicted molar refractivity (Wildman–Crippen MR) is 62.1 cm³/mol. The molecule has 0 nitrogen and oxygen atoms in total. The second kappa shape index (κ2) is 4.77. The van der Waals surface area contributed by atoms with Gasteiger partial charge in [0.2, 0.25) is 0 Å². The lowest BCUT2D eigenvalue weighted by atomic mass is 10.3. The summed E-state index contributed by atoms with van der Waals surface area (Å²) in [6.07, 6.45) is 2.64. The first-order valence-corrected chi connectivity index (χ1v) is 6.35. The van der Waals surface area contributed by atoms with E-state index in [0.29, 0.717) is 0 Å². The summed E-state index contributed by atoms with van der Waals surface area (Å²) in [7, 11) is 0. The van der Waals surface area contributed by atoms with Gasteiger partial charge in [-0.15, -0.1) is 11.8 Å². The van der Waals surface area contributed by atoms with E-state index in [2.05, 4.69) is 35.7 Å². The zero-order chi connectivity index (χ0) is 8.93. The van der Waals surface area contributed by atoms with Gasteiger partial charge in [-0.1, -0.05) is 30.0 Å². The lowest BCUT2D eigenvalue weighted by Gasteiger charge is -1.96. The maximum Gasteiger partial charge on any atom is 0.0116 e. The highest BCUT2D eigenvalue weighted by Crippen LogP contribution is 2.33. The second-order valence-corrected chi connectivity index (χ2v) is 5.13. The van der Waals surface area contributed by atoms with Crippen LogP contribution < -0.4 is 0 Å². The van der Waals surface area contributed by atoms with Crippen LogP contribution in [0.2, 0.25) is 0 Å². The van der Waals surface area contributed by atoms with Gasteiger partial charge in [-0.2, -0.15) is 0 Å². The average molecular weight is 208 g/mol. The first kappa shape index (κ1) is 9.22. The Morgan fingerprint density at radius 3 is 2.77 bits per heavy atom. The molecule has 2 heteroatoms. The third kappa shape index (κ3) is 2.82.